The van der Waals surface area contributed by atoms with Gasteiger partial charge >= 0.3 is 6.09 Å². The van der Waals surface area contributed by atoms with Gasteiger partial charge in [-0.05, 0) is 24.7 Å². The normalized spacial score (nSPS) is 19.2. The average Bonchev–Trinajstić information content (AvgIpc) is 3.22. The van der Waals surface area contributed by atoms with Crippen LogP contribution in [0.1, 0.15) is 23.2 Å². The summed E-state index contributed by atoms with van der Waals surface area (Å²) in [5.41, 5.74) is 3.65. The van der Waals surface area contributed by atoms with Crippen LogP contribution in [0.2, 0.25) is 0 Å². The zero-order valence-corrected chi connectivity index (χ0v) is 17.7. The molecule has 29 heavy (non-hydrogen) atoms. The molecule has 2 aliphatic rings. The molecule has 7 nitrogen and oxygen atoms in total. The molecule has 0 radical (unpaired) electrons. The lowest BCUT2D eigenvalue weighted by Gasteiger charge is -2.31. The highest BCUT2D eigenvalue weighted by atomic mass is 32.2. The van der Waals surface area contributed by atoms with Crippen LogP contribution >= 0.6 is 11.8 Å². The first kappa shape index (κ1) is 20.0. The van der Waals surface area contributed by atoms with Gasteiger partial charge in [0, 0.05) is 45.3 Å². The van der Waals surface area contributed by atoms with E-state index in [2.05, 4.69) is 34.1 Å². The fraction of sp³-hybridized carbons (Fsp3) is 0.476. The number of benzene rings is 1. The van der Waals surface area contributed by atoms with E-state index < -0.39 is 6.09 Å². The third-order valence-corrected chi connectivity index (χ3v) is 6.39. The van der Waals surface area contributed by atoms with Gasteiger partial charge in [-0.3, -0.25) is 4.90 Å². The molecule has 1 atom stereocenters. The third-order valence-electron chi connectivity index (χ3n) is 5.85. The molecule has 0 saturated carbocycles. The van der Waals surface area contributed by atoms with Crippen molar-refractivity contribution in [1.82, 2.24) is 19.8 Å². The van der Waals surface area contributed by atoms with E-state index in [0.29, 0.717) is 6.54 Å². The molecule has 1 fully saturated rings. The van der Waals surface area contributed by atoms with Crippen molar-refractivity contribution in [3.05, 3.63) is 47.2 Å². The number of hydrogen-bond donors (Lipinski definition) is 1. The van der Waals surface area contributed by atoms with E-state index >= 15 is 0 Å². The number of carbonyl (C=O) groups is 1. The van der Waals surface area contributed by atoms with Gasteiger partial charge < -0.3 is 14.9 Å². The first-order valence-corrected chi connectivity index (χ1v) is 11.2. The number of hydrogen-bond acceptors (Lipinski definition) is 6. The predicted molar refractivity (Wildman–Crippen MR) is 114 cm³/mol. The number of thioether (sulfide) groups is 1. The van der Waals surface area contributed by atoms with Crippen LogP contribution in [0.15, 0.2) is 35.5 Å². The van der Waals surface area contributed by atoms with E-state index in [4.69, 9.17) is 9.97 Å². The van der Waals surface area contributed by atoms with Crippen LogP contribution in [-0.4, -0.2) is 69.9 Å². The van der Waals surface area contributed by atoms with Crippen molar-refractivity contribution in [1.29, 1.82) is 0 Å². The SMILES string of the molecule is CSc1nc2c(c(N3CCC(N(C)C(=O)O)C3)n1)CCN(Cc1ccccc1)C2. The zero-order valence-electron chi connectivity index (χ0n) is 16.9. The predicted octanol–water partition coefficient (Wildman–Crippen LogP) is 2.95. The Kier molecular flexibility index (Phi) is 5.91. The van der Waals surface area contributed by atoms with Crippen LogP contribution in [-0.2, 0) is 19.5 Å². The summed E-state index contributed by atoms with van der Waals surface area (Å²) in [7, 11) is 1.65. The standard InChI is InChI=1S/C21H27N5O2S/c1-24(21(27)28)16-8-11-26(13-16)19-17-9-10-25(12-15-6-4-3-5-7-15)14-18(17)22-20(23-19)29-2/h3-7,16H,8-14H2,1-2H3,(H,27,28). The molecule has 2 aromatic rings. The van der Waals surface area contributed by atoms with Crippen LogP contribution in [0, 0.1) is 0 Å². The molecule has 1 N–H and O–H groups in total. The molecule has 2 aliphatic heterocycles. The molecule has 154 valence electrons. The first-order chi connectivity index (χ1) is 14.0. The Bertz CT molecular complexity index is 879. The summed E-state index contributed by atoms with van der Waals surface area (Å²) in [6, 6.07) is 10.5. The molecule has 3 heterocycles. The van der Waals surface area contributed by atoms with Crippen LogP contribution in [0.5, 0.6) is 0 Å². The van der Waals surface area contributed by atoms with Gasteiger partial charge in [-0.2, -0.15) is 0 Å². The molecule has 0 spiro atoms. The molecule has 8 heteroatoms. The molecule has 1 saturated heterocycles. The fourth-order valence-electron chi connectivity index (χ4n) is 4.18. The Morgan fingerprint density at radius 3 is 2.79 bits per heavy atom. The van der Waals surface area contributed by atoms with Crippen molar-refractivity contribution in [3.63, 3.8) is 0 Å². The summed E-state index contributed by atoms with van der Waals surface area (Å²) < 4.78 is 0. The Hall–Kier alpha value is -2.32. The molecule has 0 bridgehead atoms. The lowest BCUT2D eigenvalue weighted by atomic mass is 10.0. The summed E-state index contributed by atoms with van der Waals surface area (Å²) in [6.45, 7) is 4.23. The van der Waals surface area contributed by atoms with Crippen molar-refractivity contribution >= 4 is 23.7 Å². The lowest BCUT2D eigenvalue weighted by molar-refractivity contribution is 0.142. The number of likely N-dealkylation sites (N-methyl/N-ethyl adjacent to an activating group) is 1. The maximum Gasteiger partial charge on any atom is 0.407 e. The second-order valence-corrected chi connectivity index (χ2v) is 8.46. The first-order valence-electron chi connectivity index (χ1n) is 9.96. The van der Waals surface area contributed by atoms with Crippen molar-refractivity contribution in [3.8, 4) is 0 Å². The van der Waals surface area contributed by atoms with Crippen LogP contribution < -0.4 is 4.90 Å². The van der Waals surface area contributed by atoms with E-state index in [1.807, 2.05) is 12.3 Å². The number of nitrogens with zero attached hydrogens (tertiary/aromatic N) is 5. The Morgan fingerprint density at radius 1 is 1.28 bits per heavy atom. The van der Waals surface area contributed by atoms with Gasteiger partial charge in [0.1, 0.15) is 5.82 Å². The number of rotatable bonds is 5. The molecular formula is C21H27N5O2S. The lowest BCUT2D eigenvalue weighted by Crippen LogP contribution is -2.38. The topological polar surface area (TPSA) is 72.8 Å². The summed E-state index contributed by atoms with van der Waals surface area (Å²) in [5.74, 6) is 1.000. The van der Waals surface area contributed by atoms with Crippen LogP contribution in [0.25, 0.3) is 0 Å². The second-order valence-electron chi connectivity index (χ2n) is 7.69. The summed E-state index contributed by atoms with van der Waals surface area (Å²) in [4.78, 5) is 27.1. The highest BCUT2D eigenvalue weighted by Crippen LogP contribution is 2.31. The Balaban J connectivity index is 1.55. The monoisotopic (exact) mass is 413 g/mol. The number of amides is 1. The summed E-state index contributed by atoms with van der Waals surface area (Å²) in [5, 5.41) is 10.1. The highest BCUT2D eigenvalue weighted by molar-refractivity contribution is 7.98. The van der Waals surface area contributed by atoms with Crippen molar-refractivity contribution < 1.29 is 9.90 Å². The number of carboxylic acid groups (broad SMARTS) is 1. The van der Waals surface area contributed by atoms with Gasteiger partial charge in [0.25, 0.3) is 0 Å². The smallest absolute Gasteiger partial charge is 0.407 e. The maximum atomic E-state index is 11.3. The molecule has 1 aromatic heterocycles. The Labute approximate surface area is 175 Å². The summed E-state index contributed by atoms with van der Waals surface area (Å²) >= 11 is 1.56. The summed E-state index contributed by atoms with van der Waals surface area (Å²) in [6.07, 6.45) is 2.88. The minimum atomic E-state index is -0.872. The number of fused-ring (bicyclic) bond motifs is 1. The zero-order chi connectivity index (χ0) is 20.4. The van der Waals surface area contributed by atoms with E-state index in [-0.39, 0.29) is 6.04 Å². The minimum absolute atomic E-state index is 0.00835. The molecule has 1 amide bonds. The maximum absolute atomic E-state index is 11.3. The van der Waals surface area contributed by atoms with Crippen molar-refractivity contribution in [2.75, 3.05) is 37.8 Å². The molecular weight excluding hydrogens is 386 g/mol. The van der Waals surface area contributed by atoms with Gasteiger partial charge in [-0.25, -0.2) is 14.8 Å². The van der Waals surface area contributed by atoms with Crippen molar-refractivity contribution in [2.24, 2.45) is 0 Å². The average molecular weight is 414 g/mol. The molecule has 0 aliphatic carbocycles. The van der Waals surface area contributed by atoms with E-state index in [9.17, 15) is 9.90 Å². The fourth-order valence-corrected chi connectivity index (χ4v) is 4.56. The molecule has 1 aromatic carbocycles. The highest BCUT2D eigenvalue weighted by Gasteiger charge is 2.32. The molecule has 4 rings (SSSR count). The number of aromatic nitrogens is 2. The van der Waals surface area contributed by atoms with E-state index in [1.165, 1.54) is 16.0 Å². The minimum Gasteiger partial charge on any atom is -0.465 e. The van der Waals surface area contributed by atoms with Gasteiger partial charge in [0.15, 0.2) is 5.16 Å². The third kappa shape index (κ3) is 4.33. The van der Waals surface area contributed by atoms with Crippen LogP contribution in [0.4, 0.5) is 10.6 Å². The quantitative estimate of drug-likeness (QED) is 0.597. The van der Waals surface area contributed by atoms with Crippen LogP contribution in [0.3, 0.4) is 0 Å². The number of anilines is 1. The second kappa shape index (κ2) is 8.59. The van der Waals surface area contributed by atoms with E-state index in [0.717, 1.165) is 55.7 Å². The Morgan fingerprint density at radius 2 is 2.07 bits per heavy atom. The van der Waals surface area contributed by atoms with Gasteiger partial charge in [0.05, 0.1) is 11.7 Å². The van der Waals surface area contributed by atoms with Crippen molar-refractivity contribution in [2.45, 2.75) is 37.1 Å². The van der Waals surface area contributed by atoms with Gasteiger partial charge in [-0.15, -0.1) is 0 Å². The van der Waals surface area contributed by atoms with Gasteiger partial charge in [0.2, 0.25) is 0 Å². The van der Waals surface area contributed by atoms with E-state index in [1.54, 1.807) is 18.8 Å². The largest absolute Gasteiger partial charge is 0.465 e. The molecule has 1 unspecified atom stereocenters. The van der Waals surface area contributed by atoms with Gasteiger partial charge in [-0.1, -0.05) is 42.1 Å².